The van der Waals surface area contributed by atoms with Gasteiger partial charge < -0.3 is 19.5 Å². The smallest absolute Gasteiger partial charge is 0.409 e. The standard InChI is InChI=1S/C18H26N4O4/c1-2-26-18(25)21-10-8-20(9-11-21)15-4-3-7-22(13-15)17(24)14-5-6-16(23)19-12-14/h5-6,12,15H,2-4,7-11,13H2,1H3,(H,19,23). The van der Waals surface area contributed by atoms with Gasteiger partial charge in [-0.25, -0.2) is 4.79 Å². The molecule has 1 unspecified atom stereocenters. The fourth-order valence-corrected chi connectivity index (χ4v) is 3.65. The van der Waals surface area contributed by atoms with Crippen LogP contribution in [0.4, 0.5) is 4.79 Å². The summed E-state index contributed by atoms with van der Waals surface area (Å²) in [6, 6.07) is 3.26. The molecule has 2 fully saturated rings. The van der Waals surface area contributed by atoms with Crippen LogP contribution in [0.2, 0.25) is 0 Å². The third-order valence-corrected chi connectivity index (χ3v) is 5.07. The van der Waals surface area contributed by atoms with Gasteiger partial charge in [-0.1, -0.05) is 0 Å². The Kier molecular flexibility index (Phi) is 5.92. The maximum atomic E-state index is 12.7. The number of carbonyl (C=O) groups excluding carboxylic acids is 2. The molecule has 26 heavy (non-hydrogen) atoms. The van der Waals surface area contributed by atoms with Crippen molar-refractivity contribution in [3.8, 4) is 0 Å². The first-order valence-corrected chi connectivity index (χ1v) is 9.22. The van der Waals surface area contributed by atoms with Gasteiger partial charge in [-0.15, -0.1) is 0 Å². The van der Waals surface area contributed by atoms with Crippen LogP contribution in [0.5, 0.6) is 0 Å². The fourth-order valence-electron chi connectivity index (χ4n) is 3.65. The first kappa shape index (κ1) is 18.4. The monoisotopic (exact) mass is 362 g/mol. The van der Waals surface area contributed by atoms with Crippen LogP contribution in [0.3, 0.4) is 0 Å². The van der Waals surface area contributed by atoms with Crippen LogP contribution in [0.1, 0.15) is 30.1 Å². The van der Waals surface area contributed by atoms with E-state index in [2.05, 4.69) is 9.88 Å². The molecular weight excluding hydrogens is 336 g/mol. The number of nitrogens with one attached hydrogen (secondary N) is 1. The predicted octanol–water partition coefficient (Wildman–Crippen LogP) is 0.754. The summed E-state index contributed by atoms with van der Waals surface area (Å²) in [5, 5.41) is 0. The van der Waals surface area contributed by atoms with Crippen molar-refractivity contribution in [3.05, 3.63) is 34.2 Å². The van der Waals surface area contributed by atoms with Crippen molar-refractivity contribution in [2.24, 2.45) is 0 Å². The number of aromatic nitrogens is 1. The predicted molar refractivity (Wildman–Crippen MR) is 96.2 cm³/mol. The number of hydrogen-bond acceptors (Lipinski definition) is 5. The van der Waals surface area contributed by atoms with Crippen LogP contribution < -0.4 is 5.56 Å². The largest absolute Gasteiger partial charge is 0.450 e. The molecule has 0 saturated carbocycles. The van der Waals surface area contributed by atoms with E-state index in [4.69, 9.17) is 4.74 Å². The molecule has 3 heterocycles. The number of H-pyrrole nitrogens is 1. The van der Waals surface area contributed by atoms with E-state index >= 15 is 0 Å². The molecule has 142 valence electrons. The van der Waals surface area contributed by atoms with Crippen molar-refractivity contribution in [3.63, 3.8) is 0 Å². The van der Waals surface area contributed by atoms with E-state index in [9.17, 15) is 14.4 Å². The summed E-state index contributed by atoms with van der Waals surface area (Å²) in [5.41, 5.74) is 0.301. The maximum Gasteiger partial charge on any atom is 0.409 e. The SMILES string of the molecule is CCOC(=O)N1CCN(C2CCCN(C(=O)c3ccc(=O)[nH]c3)C2)CC1. The minimum Gasteiger partial charge on any atom is -0.450 e. The molecule has 0 bridgehead atoms. The lowest BCUT2D eigenvalue weighted by Gasteiger charge is -2.43. The molecule has 1 atom stereocenters. The summed E-state index contributed by atoms with van der Waals surface area (Å²) in [5.74, 6) is -0.0453. The lowest BCUT2D eigenvalue weighted by molar-refractivity contribution is 0.0378. The lowest BCUT2D eigenvalue weighted by Crippen LogP contribution is -2.56. The number of hydrogen-bond donors (Lipinski definition) is 1. The Morgan fingerprint density at radius 3 is 2.58 bits per heavy atom. The third-order valence-electron chi connectivity index (χ3n) is 5.07. The highest BCUT2D eigenvalue weighted by Crippen LogP contribution is 2.19. The number of pyridine rings is 1. The minimum atomic E-state index is -0.245. The Balaban J connectivity index is 1.55. The highest BCUT2D eigenvalue weighted by atomic mass is 16.6. The van der Waals surface area contributed by atoms with Crippen molar-refractivity contribution in [2.75, 3.05) is 45.9 Å². The number of carbonyl (C=O) groups is 2. The van der Waals surface area contributed by atoms with E-state index in [0.29, 0.717) is 37.8 Å². The van der Waals surface area contributed by atoms with E-state index < -0.39 is 0 Å². The van der Waals surface area contributed by atoms with E-state index in [1.807, 2.05) is 11.8 Å². The van der Waals surface area contributed by atoms with Crippen LogP contribution >= 0.6 is 0 Å². The summed E-state index contributed by atoms with van der Waals surface area (Å²) in [7, 11) is 0. The first-order valence-electron chi connectivity index (χ1n) is 9.22. The van der Waals surface area contributed by atoms with Crippen LogP contribution in [0.15, 0.2) is 23.1 Å². The van der Waals surface area contributed by atoms with E-state index in [1.54, 1.807) is 11.0 Å². The van der Waals surface area contributed by atoms with Crippen LogP contribution in [-0.2, 0) is 4.74 Å². The molecule has 8 nitrogen and oxygen atoms in total. The van der Waals surface area contributed by atoms with Gasteiger partial charge in [-0.05, 0) is 25.8 Å². The van der Waals surface area contributed by atoms with Gasteiger partial charge in [-0.2, -0.15) is 0 Å². The van der Waals surface area contributed by atoms with Gasteiger partial charge >= 0.3 is 6.09 Å². The highest BCUT2D eigenvalue weighted by molar-refractivity contribution is 5.93. The third kappa shape index (κ3) is 4.24. The zero-order chi connectivity index (χ0) is 18.5. The molecule has 0 aromatic carbocycles. The zero-order valence-corrected chi connectivity index (χ0v) is 15.1. The van der Waals surface area contributed by atoms with Gasteiger partial charge in [0, 0.05) is 57.6 Å². The van der Waals surface area contributed by atoms with Crippen molar-refractivity contribution < 1.29 is 14.3 Å². The minimum absolute atomic E-state index is 0.0453. The maximum absolute atomic E-state index is 12.7. The molecule has 2 aliphatic heterocycles. The first-order chi connectivity index (χ1) is 12.6. The molecular formula is C18H26N4O4. The number of likely N-dealkylation sites (tertiary alicyclic amines) is 1. The van der Waals surface area contributed by atoms with Gasteiger partial charge in [0.05, 0.1) is 12.2 Å². The summed E-state index contributed by atoms with van der Waals surface area (Å²) in [4.78, 5) is 44.2. The second kappa shape index (κ2) is 8.35. The molecule has 1 aromatic rings. The average molecular weight is 362 g/mol. The van der Waals surface area contributed by atoms with Gasteiger partial charge in [0.15, 0.2) is 0 Å². The normalized spacial score (nSPS) is 21.5. The summed E-state index contributed by atoms with van der Waals surface area (Å²) in [6.07, 6.45) is 3.24. The molecule has 0 spiro atoms. The summed E-state index contributed by atoms with van der Waals surface area (Å²) >= 11 is 0. The van der Waals surface area contributed by atoms with Crippen molar-refractivity contribution in [2.45, 2.75) is 25.8 Å². The van der Waals surface area contributed by atoms with Crippen LogP contribution in [0.25, 0.3) is 0 Å². The molecule has 2 amide bonds. The Morgan fingerprint density at radius 2 is 1.92 bits per heavy atom. The molecule has 1 N–H and O–H groups in total. The fraction of sp³-hybridized carbons (Fsp3) is 0.611. The second-order valence-corrected chi connectivity index (χ2v) is 6.71. The van der Waals surface area contributed by atoms with E-state index in [1.165, 1.54) is 12.3 Å². The quantitative estimate of drug-likeness (QED) is 0.858. The molecule has 2 saturated heterocycles. The Bertz CT molecular complexity index is 676. The lowest BCUT2D eigenvalue weighted by atomic mass is 10.0. The van der Waals surface area contributed by atoms with Crippen molar-refractivity contribution in [1.82, 2.24) is 19.7 Å². The number of aromatic amines is 1. The average Bonchev–Trinajstić information content (AvgIpc) is 2.68. The van der Waals surface area contributed by atoms with E-state index in [-0.39, 0.29) is 17.6 Å². The zero-order valence-electron chi connectivity index (χ0n) is 15.1. The Labute approximate surface area is 152 Å². The molecule has 2 aliphatic rings. The molecule has 3 rings (SSSR count). The number of rotatable bonds is 3. The van der Waals surface area contributed by atoms with Crippen LogP contribution in [0, 0.1) is 0 Å². The number of piperazine rings is 1. The number of amides is 2. The molecule has 0 aliphatic carbocycles. The number of piperidine rings is 1. The summed E-state index contributed by atoms with van der Waals surface area (Å²) in [6.45, 7) is 6.52. The molecule has 1 aromatic heterocycles. The van der Waals surface area contributed by atoms with Crippen molar-refractivity contribution >= 4 is 12.0 Å². The highest BCUT2D eigenvalue weighted by Gasteiger charge is 2.31. The molecule has 0 radical (unpaired) electrons. The number of nitrogens with zero attached hydrogens (tertiary/aromatic N) is 3. The Morgan fingerprint density at radius 1 is 1.15 bits per heavy atom. The van der Waals surface area contributed by atoms with Crippen molar-refractivity contribution in [1.29, 1.82) is 0 Å². The van der Waals surface area contributed by atoms with Gasteiger partial charge in [0.25, 0.3) is 5.91 Å². The second-order valence-electron chi connectivity index (χ2n) is 6.71. The number of ether oxygens (including phenoxy) is 1. The van der Waals surface area contributed by atoms with Gasteiger partial charge in [-0.3, -0.25) is 14.5 Å². The Hall–Kier alpha value is -2.35. The molecule has 8 heteroatoms. The summed E-state index contributed by atoms with van der Waals surface area (Å²) < 4.78 is 5.06. The van der Waals surface area contributed by atoms with Gasteiger partial charge in [0.1, 0.15) is 0 Å². The topological polar surface area (TPSA) is 85.9 Å². The van der Waals surface area contributed by atoms with Gasteiger partial charge in [0.2, 0.25) is 5.56 Å². The van der Waals surface area contributed by atoms with E-state index in [0.717, 1.165) is 32.5 Å². The van der Waals surface area contributed by atoms with Crippen LogP contribution in [-0.4, -0.2) is 83.6 Å².